The maximum atomic E-state index is 13.1. The van der Waals surface area contributed by atoms with Crippen LogP contribution in [0, 0.1) is 17.3 Å². The highest BCUT2D eigenvalue weighted by molar-refractivity contribution is 5.85. The first kappa shape index (κ1) is 25.9. The van der Waals surface area contributed by atoms with Gasteiger partial charge in [0, 0.05) is 12.6 Å². The maximum absolute atomic E-state index is 13.1. The molecule has 0 spiro atoms. The van der Waals surface area contributed by atoms with E-state index < -0.39 is 17.3 Å². The number of rotatable bonds is 4. The Kier molecular flexibility index (Phi) is 6.49. The van der Waals surface area contributed by atoms with Crippen molar-refractivity contribution in [1.82, 2.24) is 24.8 Å². The van der Waals surface area contributed by atoms with Crippen LogP contribution < -0.4 is 5.32 Å². The molecule has 1 unspecified atom stereocenters. The number of hydrogen-bond acceptors (Lipinski definition) is 6. The Morgan fingerprint density at radius 1 is 1.00 bits per heavy atom. The van der Waals surface area contributed by atoms with E-state index >= 15 is 0 Å². The Bertz CT molecular complexity index is 1650. The molecule has 202 valence electrons. The van der Waals surface area contributed by atoms with Crippen molar-refractivity contribution >= 4 is 29.2 Å². The number of amides is 1. The number of carbonyl (C=O) groups excluding carboxylic acids is 1. The third-order valence-electron chi connectivity index (χ3n) is 7.65. The highest BCUT2D eigenvalue weighted by atomic mass is 16.8. The Hall–Kier alpha value is -4.32. The molecule has 40 heavy (non-hydrogen) atoms. The molecule has 2 fully saturated rings. The van der Waals surface area contributed by atoms with Gasteiger partial charge in [-0.05, 0) is 56.9 Å². The predicted octanol–water partition coefficient (Wildman–Crippen LogP) is 4.61. The van der Waals surface area contributed by atoms with Crippen molar-refractivity contribution in [3.63, 3.8) is 0 Å². The number of aromatic nitrogens is 4. The van der Waals surface area contributed by atoms with E-state index in [0.29, 0.717) is 29.1 Å². The van der Waals surface area contributed by atoms with E-state index in [1.807, 2.05) is 98.2 Å². The molecule has 8 nitrogen and oxygen atoms in total. The summed E-state index contributed by atoms with van der Waals surface area (Å²) in [6.07, 6.45) is 5.44. The van der Waals surface area contributed by atoms with Crippen molar-refractivity contribution in [3.8, 4) is 11.8 Å². The van der Waals surface area contributed by atoms with Crippen LogP contribution in [0.5, 0.6) is 0 Å². The fraction of sp³-hybridized carbons (Fsp3) is 0.312. The van der Waals surface area contributed by atoms with Crippen LogP contribution in [-0.4, -0.2) is 50.5 Å². The molecular formula is C32H31N5O3. The lowest BCUT2D eigenvalue weighted by atomic mass is 9.85. The number of benzene rings is 2. The summed E-state index contributed by atoms with van der Waals surface area (Å²) in [5.74, 6) is 5.79. The first-order chi connectivity index (χ1) is 19.3. The molecule has 0 bridgehead atoms. The Labute approximate surface area is 233 Å². The number of nitrogens with one attached hydrogen (secondary N) is 1. The summed E-state index contributed by atoms with van der Waals surface area (Å²) in [7, 11) is 1.65. The standard InChI is InChI=1S/C32H31N5O3/c1-31(2)39-27-24(19-32(3,28(27)40-31)30(38)33-4)37-20-34-26-23(17-15-21-11-7-5-8-12-21)35-25(36-29(26)37)18-16-22-13-9-6-10-14-22/h5-15,17,20,24,27-28H,19H2,1-4H3,(H,33,38)/b17-15+/t24-,27+,28+,32?/m1/s1. The maximum Gasteiger partial charge on any atom is 0.228 e. The highest BCUT2D eigenvalue weighted by Crippen LogP contribution is 2.53. The average molecular weight is 534 g/mol. The summed E-state index contributed by atoms with van der Waals surface area (Å²) in [6.45, 7) is 5.70. The topological polar surface area (TPSA) is 91.2 Å². The second-order valence-corrected chi connectivity index (χ2v) is 10.9. The zero-order chi connectivity index (χ0) is 27.9. The normalized spacial score (nSPS) is 25.1. The quantitative estimate of drug-likeness (QED) is 0.385. The third-order valence-corrected chi connectivity index (χ3v) is 7.65. The number of fused-ring (bicyclic) bond motifs is 2. The van der Waals surface area contributed by atoms with Gasteiger partial charge in [-0.1, -0.05) is 60.5 Å². The average Bonchev–Trinajstić information content (AvgIpc) is 3.61. The molecule has 2 aromatic carbocycles. The SMILES string of the molecule is CNC(=O)C1(C)C[C@@H](n2cnc3c(/C=C/c4ccccc4)nc(C#Cc4ccccc4)nc32)[C@@H]2OC(C)(C)O[C@@H]21. The Balaban J connectivity index is 1.47. The second kappa shape index (κ2) is 10.0. The van der Waals surface area contributed by atoms with Gasteiger partial charge in [-0.15, -0.1) is 0 Å². The third kappa shape index (κ3) is 4.68. The van der Waals surface area contributed by atoms with E-state index in [1.54, 1.807) is 13.4 Å². The molecule has 1 saturated carbocycles. The molecular weight excluding hydrogens is 502 g/mol. The van der Waals surface area contributed by atoms with Crippen molar-refractivity contribution in [2.75, 3.05) is 7.05 Å². The summed E-state index contributed by atoms with van der Waals surface area (Å²) >= 11 is 0. The molecule has 4 aromatic rings. The van der Waals surface area contributed by atoms with Crippen LogP contribution in [0.25, 0.3) is 23.3 Å². The van der Waals surface area contributed by atoms with Crippen LogP contribution in [0.3, 0.4) is 0 Å². The molecule has 1 aliphatic heterocycles. The molecule has 1 saturated heterocycles. The van der Waals surface area contributed by atoms with Gasteiger partial charge in [0.1, 0.15) is 17.7 Å². The van der Waals surface area contributed by atoms with E-state index in [2.05, 4.69) is 17.2 Å². The number of hydrogen-bond donors (Lipinski definition) is 1. The number of imidazole rings is 1. The molecule has 1 aliphatic carbocycles. The van der Waals surface area contributed by atoms with Crippen LogP contribution in [0.2, 0.25) is 0 Å². The summed E-state index contributed by atoms with van der Waals surface area (Å²) in [6, 6.07) is 19.5. The van der Waals surface area contributed by atoms with E-state index in [-0.39, 0.29) is 18.1 Å². The summed E-state index contributed by atoms with van der Waals surface area (Å²) in [5.41, 5.74) is 3.09. The Morgan fingerprint density at radius 2 is 1.73 bits per heavy atom. The van der Waals surface area contributed by atoms with Crippen LogP contribution in [0.4, 0.5) is 0 Å². The molecule has 1 N–H and O–H groups in total. The van der Waals surface area contributed by atoms with Crippen molar-refractivity contribution in [3.05, 3.63) is 89.6 Å². The zero-order valence-electron chi connectivity index (χ0n) is 23.0. The van der Waals surface area contributed by atoms with Crippen LogP contribution in [-0.2, 0) is 14.3 Å². The molecule has 3 heterocycles. The van der Waals surface area contributed by atoms with Gasteiger partial charge in [0.25, 0.3) is 0 Å². The smallest absolute Gasteiger partial charge is 0.228 e. The summed E-state index contributed by atoms with van der Waals surface area (Å²) < 4.78 is 14.7. The minimum atomic E-state index is -0.815. The van der Waals surface area contributed by atoms with E-state index in [0.717, 1.165) is 11.1 Å². The molecule has 6 rings (SSSR count). The molecule has 4 atom stereocenters. The van der Waals surface area contributed by atoms with Gasteiger partial charge in [0.2, 0.25) is 11.7 Å². The largest absolute Gasteiger partial charge is 0.359 e. The lowest BCUT2D eigenvalue weighted by Gasteiger charge is -2.29. The van der Waals surface area contributed by atoms with Gasteiger partial charge in [0.05, 0.1) is 23.5 Å². The molecule has 0 radical (unpaired) electrons. The predicted molar refractivity (Wildman–Crippen MR) is 153 cm³/mol. The Morgan fingerprint density at radius 3 is 2.45 bits per heavy atom. The molecule has 8 heteroatoms. The highest BCUT2D eigenvalue weighted by Gasteiger charge is 2.63. The van der Waals surface area contributed by atoms with Crippen molar-refractivity contribution in [2.45, 2.75) is 51.2 Å². The minimum Gasteiger partial charge on any atom is -0.359 e. The van der Waals surface area contributed by atoms with Gasteiger partial charge < -0.3 is 19.4 Å². The zero-order valence-corrected chi connectivity index (χ0v) is 23.0. The van der Waals surface area contributed by atoms with E-state index in [4.69, 9.17) is 24.4 Å². The van der Waals surface area contributed by atoms with E-state index in [1.165, 1.54) is 0 Å². The minimum absolute atomic E-state index is 0.0775. The van der Waals surface area contributed by atoms with Gasteiger partial charge in [0.15, 0.2) is 11.4 Å². The van der Waals surface area contributed by atoms with Crippen molar-refractivity contribution < 1.29 is 14.3 Å². The van der Waals surface area contributed by atoms with Crippen LogP contribution >= 0.6 is 0 Å². The first-order valence-corrected chi connectivity index (χ1v) is 13.4. The fourth-order valence-electron chi connectivity index (χ4n) is 5.74. The van der Waals surface area contributed by atoms with Gasteiger partial charge >= 0.3 is 0 Å². The monoisotopic (exact) mass is 533 g/mol. The fourth-order valence-corrected chi connectivity index (χ4v) is 5.74. The van der Waals surface area contributed by atoms with Crippen LogP contribution in [0.15, 0.2) is 67.0 Å². The van der Waals surface area contributed by atoms with Crippen LogP contribution in [0.1, 0.15) is 55.9 Å². The lowest BCUT2D eigenvalue weighted by molar-refractivity contribution is -0.171. The number of ether oxygens (including phenoxy) is 2. The summed E-state index contributed by atoms with van der Waals surface area (Å²) in [5, 5.41) is 2.82. The summed E-state index contributed by atoms with van der Waals surface area (Å²) in [4.78, 5) is 27.5. The lowest BCUT2D eigenvalue weighted by Crippen LogP contribution is -2.45. The van der Waals surface area contributed by atoms with Crippen molar-refractivity contribution in [1.29, 1.82) is 0 Å². The number of nitrogens with zero attached hydrogens (tertiary/aromatic N) is 4. The second-order valence-electron chi connectivity index (χ2n) is 10.9. The first-order valence-electron chi connectivity index (χ1n) is 13.4. The van der Waals surface area contributed by atoms with Gasteiger partial charge in [-0.3, -0.25) is 4.79 Å². The molecule has 2 aliphatic rings. The molecule has 1 amide bonds. The van der Waals surface area contributed by atoms with Gasteiger partial charge in [-0.25, -0.2) is 15.0 Å². The molecule has 2 aromatic heterocycles. The van der Waals surface area contributed by atoms with E-state index in [9.17, 15) is 4.79 Å². The number of carbonyl (C=O) groups is 1. The van der Waals surface area contributed by atoms with Crippen molar-refractivity contribution in [2.24, 2.45) is 5.41 Å². The van der Waals surface area contributed by atoms with Gasteiger partial charge in [-0.2, -0.15) is 0 Å².